The van der Waals surface area contributed by atoms with Crippen molar-refractivity contribution >= 4 is 14.2 Å². The van der Waals surface area contributed by atoms with Crippen LogP contribution in [0, 0.1) is 12.3 Å². The third kappa shape index (κ3) is 4.29. The number of halogens is 2. The lowest BCUT2D eigenvalue weighted by Gasteiger charge is -2.35. The first-order valence-electron chi connectivity index (χ1n) is 8.11. The van der Waals surface area contributed by atoms with E-state index in [1.807, 2.05) is 0 Å². The number of rotatable bonds is 6. The van der Waals surface area contributed by atoms with Crippen LogP contribution in [-0.4, -0.2) is 47.1 Å². The number of alkyl halides is 2. The summed E-state index contributed by atoms with van der Waals surface area (Å²) in [6.45, 7) is -1.01. The molecule has 1 aromatic rings. The number of para-hydroxylation sites is 1. The van der Waals surface area contributed by atoms with E-state index in [1.165, 1.54) is 12.1 Å². The lowest BCUT2D eigenvalue weighted by molar-refractivity contribution is -0.214. The molecule has 0 bridgehead atoms. The van der Waals surface area contributed by atoms with E-state index < -0.39 is 51.8 Å². The third-order valence-electron chi connectivity index (χ3n) is 4.05. The summed E-state index contributed by atoms with van der Waals surface area (Å²) in [6.07, 6.45) is 0.759. The van der Waals surface area contributed by atoms with Gasteiger partial charge in [0.05, 0.1) is 0 Å². The summed E-state index contributed by atoms with van der Waals surface area (Å²) in [7, 11) is -2.77. The van der Waals surface area contributed by atoms with Crippen molar-refractivity contribution in [3.8, 4) is 18.1 Å². The van der Waals surface area contributed by atoms with Gasteiger partial charge in [-0.25, -0.2) is 13.3 Å². The standard InChI is InChI=1S/C17H15F2N2O6P/c1-2-11-9-21(16(23)20-15(11)22)14-8-13(18)17(19,26-14)10-25-28(24)27-12-6-4-3-5-7-12/h1,3-7,9,13-14,16,23H,8,10H2/p+1/t13-,14+,16?,17+/m0/s1. The summed E-state index contributed by atoms with van der Waals surface area (Å²) in [4.78, 5) is 12.5. The van der Waals surface area contributed by atoms with Crippen molar-refractivity contribution in [2.75, 3.05) is 6.61 Å². The van der Waals surface area contributed by atoms with Crippen molar-refractivity contribution < 1.29 is 37.0 Å². The van der Waals surface area contributed by atoms with Gasteiger partial charge in [0.2, 0.25) is 6.35 Å². The predicted octanol–water partition coefficient (Wildman–Crippen LogP) is 1.71. The normalized spacial score (nSPS) is 30.3. The molecule has 0 spiro atoms. The number of carbonyl (C=O) groups excluding carboxylic acids is 1. The zero-order valence-corrected chi connectivity index (χ0v) is 15.2. The number of aliphatic hydroxyl groups is 1. The van der Waals surface area contributed by atoms with Crippen molar-refractivity contribution in [1.82, 2.24) is 10.2 Å². The van der Waals surface area contributed by atoms with Crippen molar-refractivity contribution in [3.05, 3.63) is 42.1 Å². The first-order chi connectivity index (χ1) is 13.3. The Morgan fingerprint density at radius 3 is 2.86 bits per heavy atom. The molecular weight excluding hydrogens is 397 g/mol. The molecular formula is C17H16F2N2O6P+. The van der Waals surface area contributed by atoms with Crippen LogP contribution in [0.15, 0.2) is 42.1 Å². The van der Waals surface area contributed by atoms with Gasteiger partial charge in [0.25, 0.3) is 11.8 Å². The van der Waals surface area contributed by atoms with Crippen LogP contribution in [0.5, 0.6) is 5.75 Å². The molecule has 1 saturated heterocycles. The molecule has 1 amide bonds. The summed E-state index contributed by atoms with van der Waals surface area (Å²) in [5.41, 5.74) is -0.142. The average molecular weight is 413 g/mol. The van der Waals surface area contributed by atoms with E-state index in [9.17, 15) is 23.2 Å². The molecule has 1 fully saturated rings. The van der Waals surface area contributed by atoms with Gasteiger partial charge >= 0.3 is 8.25 Å². The highest BCUT2D eigenvalue weighted by molar-refractivity contribution is 7.33. The number of nitrogens with zero attached hydrogens (tertiary/aromatic N) is 1. The SMILES string of the molecule is C#CC1=CN([C@H]2C[C@H](F)[C@@](F)(CO[P+](=O)Oc3ccccc3)O2)C(O)NC1=O. The Balaban J connectivity index is 1.62. The number of ether oxygens (including phenoxy) is 1. The molecule has 148 valence electrons. The van der Waals surface area contributed by atoms with E-state index in [2.05, 4.69) is 11.2 Å². The molecule has 5 atom stereocenters. The van der Waals surface area contributed by atoms with Gasteiger partial charge in [0.1, 0.15) is 11.8 Å². The topological polar surface area (TPSA) is 97.3 Å². The zero-order chi connectivity index (χ0) is 20.3. The van der Waals surface area contributed by atoms with E-state index in [4.69, 9.17) is 20.2 Å². The van der Waals surface area contributed by atoms with Gasteiger partial charge in [-0.1, -0.05) is 24.1 Å². The molecule has 0 saturated carbocycles. The minimum absolute atomic E-state index is 0.142. The second kappa shape index (κ2) is 8.20. The average Bonchev–Trinajstić information content (AvgIpc) is 2.96. The summed E-state index contributed by atoms with van der Waals surface area (Å²) < 4.78 is 55.7. The van der Waals surface area contributed by atoms with Crippen molar-refractivity contribution in [2.24, 2.45) is 0 Å². The van der Waals surface area contributed by atoms with E-state index in [0.717, 1.165) is 11.1 Å². The summed E-state index contributed by atoms with van der Waals surface area (Å²) in [5, 5.41) is 12.0. The van der Waals surface area contributed by atoms with Gasteiger partial charge in [-0.3, -0.25) is 4.79 Å². The Morgan fingerprint density at radius 1 is 1.46 bits per heavy atom. The van der Waals surface area contributed by atoms with Gasteiger partial charge in [0.15, 0.2) is 18.5 Å². The van der Waals surface area contributed by atoms with Crippen LogP contribution in [-0.2, 0) is 18.6 Å². The first kappa shape index (κ1) is 20.2. The minimum atomic E-state index is -2.93. The summed E-state index contributed by atoms with van der Waals surface area (Å²) in [6, 6.07) is 8.03. The summed E-state index contributed by atoms with van der Waals surface area (Å²) in [5.74, 6) is -1.30. The Morgan fingerprint density at radius 2 is 2.18 bits per heavy atom. The van der Waals surface area contributed by atoms with Crippen molar-refractivity contribution in [3.63, 3.8) is 0 Å². The molecule has 0 aromatic heterocycles. The number of hydrogen-bond acceptors (Lipinski definition) is 7. The maximum Gasteiger partial charge on any atom is 0.750 e. The second-order valence-corrected chi connectivity index (χ2v) is 6.83. The fourth-order valence-electron chi connectivity index (χ4n) is 2.63. The van der Waals surface area contributed by atoms with E-state index in [-0.39, 0.29) is 11.3 Å². The maximum atomic E-state index is 14.8. The van der Waals surface area contributed by atoms with Crippen LogP contribution in [0.25, 0.3) is 0 Å². The fraction of sp³-hybridized carbons (Fsp3) is 0.353. The van der Waals surface area contributed by atoms with Crippen LogP contribution in [0.4, 0.5) is 8.78 Å². The first-order valence-corrected chi connectivity index (χ1v) is 9.21. The molecule has 2 N–H and O–H groups in total. The fourth-order valence-corrected chi connectivity index (χ4v) is 3.26. The number of nitrogens with one attached hydrogen (secondary N) is 1. The molecule has 3 rings (SSSR count). The van der Waals surface area contributed by atoms with Crippen LogP contribution in [0.3, 0.4) is 0 Å². The number of terminal acetylenes is 1. The van der Waals surface area contributed by atoms with Gasteiger partial charge in [-0.05, 0) is 12.1 Å². The Labute approximate surface area is 160 Å². The molecule has 2 unspecified atom stereocenters. The van der Waals surface area contributed by atoms with Crippen molar-refractivity contribution in [1.29, 1.82) is 0 Å². The molecule has 0 radical (unpaired) electrons. The molecule has 2 aliphatic rings. The minimum Gasteiger partial charge on any atom is -0.356 e. The van der Waals surface area contributed by atoms with Crippen LogP contribution >= 0.6 is 8.25 Å². The highest BCUT2D eigenvalue weighted by Gasteiger charge is 2.55. The Kier molecular flexibility index (Phi) is 5.91. The number of aliphatic hydroxyl groups excluding tert-OH is 1. The van der Waals surface area contributed by atoms with Gasteiger partial charge in [0, 0.05) is 17.2 Å². The van der Waals surface area contributed by atoms with Crippen molar-refractivity contribution in [2.45, 2.75) is 31.0 Å². The monoisotopic (exact) mass is 413 g/mol. The smallest absolute Gasteiger partial charge is 0.356 e. The van der Waals surface area contributed by atoms with Gasteiger partial charge in [-0.2, -0.15) is 0 Å². The second-order valence-electron chi connectivity index (χ2n) is 5.94. The predicted molar refractivity (Wildman–Crippen MR) is 91.8 cm³/mol. The van der Waals surface area contributed by atoms with Gasteiger partial charge < -0.3 is 20.1 Å². The molecule has 8 nitrogen and oxygen atoms in total. The number of carbonyl (C=O) groups is 1. The molecule has 2 aliphatic heterocycles. The Bertz CT molecular complexity index is 833. The van der Waals surface area contributed by atoms with Crippen LogP contribution < -0.4 is 9.84 Å². The van der Waals surface area contributed by atoms with Gasteiger partial charge in [-0.15, -0.1) is 10.9 Å². The largest absolute Gasteiger partial charge is 0.750 e. The highest BCUT2D eigenvalue weighted by atomic mass is 31.1. The lowest BCUT2D eigenvalue weighted by Crippen LogP contribution is -2.54. The van der Waals surface area contributed by atoms with E-state index in [1.54, 1.807) is 18.2 Å². The molecule has 2 heterocycles. The Hall–Kier alpha value is -2.57. The quantitative estimate of drug-likeness (QED) is 0.541. The number of benzene rings is 1. The van der Waals surface area contributed by atoms with Crippen LogP contribution in [0.1, 0.15) is 6.42 Å². The van der Waals surface area contributed by atoms with E-state index in [0.29, 0.717) is 0 Å². The number of hydrogen-bond donors (Lipinski definition) is 2. The number of amides is 1. The molecule has 0 aliphatic carbocycles. The highest BCUT2D eigenvalue weighted by Crippen LogP contribution is 2.40. The zero-order valence-electron chi connectivity index (χ0n) is 14.3. The molecule has 1 aromatic carbocycles. The maximum absolute atomic E-state index is 14.8. The van der Waals surface area contributed by atoms with Crippen LogP contribution in [0.2, 0.25) is 0 Å². The molecule has 28 heavy (non-hydrogen) atoms. The summed E-state index contributed by atoms with van der Waals surface area (Å²) >= 11 is 0. The lowest BCUT2D eigenvalue weighted by atomic mass is 10.1. The van der Waals surface area contributed by atoms with E-state index >= 15 is 0 Å². The third-order valence-corrected chi connectivity index (χ3v) is 4.75. The molecule has 11 heteroatoms.